The number of aliphatic hydroxyl groups excluding tert-OH is 1. The Kier molecular flexibility index (Phi) is 3.67. The van der Waals surface area contributed by atoms with Crippen LogP contribution in [0.5, 0.6) is 0 Å². The van der Waals surface area contributed by atoms with Crippen LogP contribution in [0.1, 0.15) is 49.8 Å². The van der Waals surface area contributed by atoms with Gasteiger partial charge in [-0.3, -0.25) is 9.48 Å². The molecule has 1 aromatic rings. The number of carbonyl (C=O) groups excluding carboxylic acids is 1. The molecule has 5 heteroatoms. The zero-order chi connectivity index (χ0) is 14.2. The second kappa shape index (κ2) is 4.96. The summed E-state index contributed by atoms with van der Waals surface area (Å²) in [7, 11) is 0. The van der Waals surface area contributed by atoms with Crippen LogP contribution in [-0.4, -0.2) is 44.9 Å². The molecule has 2 heterocycles. The van der Waals surface area contributed by atoms with Gasteiger partial charge in [-0.2, -0.15) is 5.10 Å². The highest BCUT2D eigenvalue weighted by atomic mass is 16.3. The number of piperidine rings is 1. The maximum Gasteiger partial charge on any atom is 0.274 e. The average molecular weight is 265 g/mol. The van der Waals surface area contributed by atoms with E-state index in [4.69, 9.17) is 0 Å². The third-order valence-electron chi connectivity index (χ3n) is 3.49. The minimum Gasteiger partial charge on any atom is -0.393 e. The van der Waals surface area contributed by atoms with Crippen molar-refractivity contribution in [1.82, 2.24) is 14.7 Å². The standard InChI is InChI=1S/C14H23N3O2/c1-10-9-12(15-17(10)14(2,3)4)13(19)16-7-5-11(18)6-8-16/h9,11,18H,5-8H2,1-4H3. The number of aromatic nitrogens is 2. The van der Waals surface area contributed by atoms with Gasteiger partial charge >= 0.3 is 0 Å². The van der Waals surface area contributed by atoms with Crippen molar-refractivity contribution in [2.75, 3.05) is 13.1 Å². The second-order valence-corrected chi connectivity index (χ2v) is 6.28. The molecule has 1 aromatic heterocycles. The Bertz CT molecular complexity index is 466. The molecule has 106 valence electrons. The number of hydrogen-bond acceptors (Lipinski definition) is 3. The number of likely N-dealkylation sites (tertiary alicyclic amines) is 1. The van der Waals surface area contributed by atoms with Gasteiger partial charge in [-0.05, 0) is 46.6 Å². The van der Waals surface area contributed by atoms with Crippen molar-refractivity contribution in [3.05, 3.63) is 17.5 Å². The summed E-state index contributed by atoms with van der Waals surface area (Å²) in [4.78, 5) is 14.1. The first-order valence-corrected chi connectivity index (χ1v) is 6.83. The Morgan fingerprint density at radius 2 is 1.95 bits per heavy atom. The first-order valence-electron chi connectivity index (χ1n) is 6.83. The summed E-state index contributed by atoms with van der Waals surface area (Å²) < 4.78 is 1.89. The maximum atomic E-state index is 12.4. The molecule has 1 fully saturated rings. The lowest BCUT2D eigenvalue weighted by Crippen LogP contribution is -2.40. The van der Waals surface area contributed by atoms with E-state index in [0.717, 1.165) is 5.69 Å². The molecule has 0 bridgehead atoms. The van der Waals surface area contributed by atoms with Crippen LogP contribution in [-0.2, 0) is 5.54 Å². The summed E-state index contributed by atoms with van der Waals surface area (Å²) in [5, 5.41) is 13.9. The lowest BCUT2D eigenvalue weighted by atomic mass is 10.1. The van der Waals surface area contributed by atoms with E-state index < -0.39 is 0 Å². The molecule has 0 radical (unpaired) electrons. The molecule has 19 heavy (non-hydrogen) atoms. The largest absolute Gasteiger partial charge is 0.393 e. The van der Waals surface area contributed by atoms with Crippen molar-refractivity contribution in [1.29, 1.82) is 0 Å². The zero-order valence-corrected chi connectivity index (χ0v) is 12.2. The molecule has 0 unspecified atom stereocenters. The van der Waals surface area contributed by atoms with Gasteiger partial charge in [0, 0.05) is 18.8 Å². The molecular weight excluding hydrogens is 242 g/mol. The van der Waals surface area contributed by atoms with E-state index in [2.05, 4.69) is 25.9 Å². The fourth-order valence-corrected chi connectivity index (χ4v) is 2.49. The van der Waals surface area contributed by atoms with E-state index in [1.165, 1.54) is 0 Å². The van der Waals surface area contributed by atoms with Crippen LogP contribution in [0.4, 0.5) is 0 Å². The third kappa shape index (κ3) is 2.97. The Labute approximate surface area is 114 Å². The Hall–Kier alpha value is -1.36. The fraction of sp³-hybridized carbons (Fsp3) is 0.714. The topological polar surface area (TPSA) is 58.4 Å². The van der Waals surface area contributed by atoms with E-state index >= 15 is 0 Å². The first kappa shape index (κ1) is 14.1. The number of carbonyl (C=O) groups is 1. The number of hydrogen-bond donors (Lipinski definition) is 1. The fourth-order valence-electron chi connectivity index (χ4n) is 2.49. The summed E-state index contributed by atoms with van der Waals surface area (Å²) >= 11 is 0. The van der Waals surface area contributed by atoms with Crippen molar-refractivity contribution in [2.45, 2.75) is 52.2 Å². The van der Waals surface area contributed by atoms with Gasteiger partial charge in [0.05, 0.1) is 11.6 Å². The van der Waals surface area contributed by atoms with Crippen LogP contribution in [0.25, 0.3) is 0 Å². The van der Waals surface area contributed by atoms with Gasteiger partial charge in [0.1, 0.15) is 0 Å². The van der Waals surface area contributed by atoms with Crippen LogP contribution in [0.2, 0.25) is 0 Å². The van der Waals surface area contributed by atoms with Crippen molar-refractivity contribution in [3.8, 4) is 0 Å². The molecule has 0 atom stereocenters. The number of aryl methyl sites for hydroxylation is 1. The number of rotatable bonds is 1. The molecule has 0 spiro atoms. The Morgan fingerprint density at radius 3 is 2.42 bits per heavy atom. The molecule has 0 aromatic carbocycles. The van der Waals surface area contributed by atoms with Gasteiger partial charge in [0.15, 0.2) is 5.69 Å². The number of aliphatic hydroxyl groups is 1. The predicted molar refractivity (Wildman–Crippen MR) is 73.1 cm³/mol. The minimum atomic E-state index is -0.266. The van der Waals surface area contributed by atoms with Gasteiger partial charge in [-0.15, -0.1) is 0 Å². The Morgan fingerprint density at radius 1 is 1.37 bits per heavy atom. The van der Waals surface area contributed by atoms with Crippen molar-refractivity contribution >= 4 is 5.91 Å². The van der Waals surface area contributed by atoms with E-state index in [1.807, 2.05) is 17.7 Å². The van der Waals surface area contributed by atoms with Gasteiger partial charge < -0.3 is 10.0 Å². The van der Waals surface area contributed by atoms with Crippen molar-refractivity contribution in [3.63, 3.8) is 0 Å². The molecule has 1 saturated heterocycles. The predicted octanol–water partition coefficient (Wildman–Crippen LogP) is 1.54. The highest BCUT2D eigenvalue weighted by Crippen LogP contribution is 2.19. The normalized spacial score (nSPS) is 17.8. The minimum absolute atomic E-state index is 0.0296. The molecular formula is C14H23N3O2. The lowest BCUT2D eigenvalue weighted by molar-refractivity contribution is 0.0540. The van der Waals surface area contributed by atoms with E-state index in [1.54, 1.807) is 4.90 Å². The average Bonchev–Trinajstić information content (AvgIpc) is 2.71. The number of amides is 1. The smallest absolute Gasteiger partial charge is 0.274 e. The molecule has 5 nitrogen and oxygen atoms in total. The maximum absolute atomic E-state index is 12.4. The highest BCUT2D eigenvalue weighted by molar-refractivity contribution is 5.92. The SMILES string of the molecule is Cc1cc(C(=O)N2CCC(O)CC2)nn1C(C)(C)C. The van der Waals surface area contributed by atoms with E-state index in [0.29, 0.717) is 31.6 Å². The van der Waals surface area contributed by atoms with Crippen molar-refractivity contribution in [2.24, 2.45) is 0 Å². The van der Waals surface area contributed by atoms with Crippen LogP contribution in [0.3, 0.4) is 0 Å². The molecule has 2 rings (SSSR count). The number of nitrogens with zero attached hydrogens (tertiary/aromatic N) is 3. The lowest BCUT2D eigenvalue weighted by Gasteiger charge is -2.29. The molecule has 1 N–H and O–H groups in total. The van der Waals surface area contributed by atoms with Crippen LogP contribution in [0, 0.1) is 6.92 Å². The molecule has 1 aliphatic heterocycles. The van der Waals surface area contributed by atoms with Gasteiger partial charge in [-0.1, -0.05) is 0 Å². The molecule has 1 aliphatic rings. The van der Waals surface area contributed by atoms with E-state index in [9.17, 15) is 9.90 Å². The van der Waals surface area contributed by atoms with Crippen molar-refractivity contribution < 1.29 is 9.90 Å². The monoisotopic (exact) mass is 265 g/mol. The summed E-state index contributed by atoms with van der Waals surface area (Å²) in [6, 6.07) is 1.85. The summed E-state index contributed by atoms with van der Waals surface area (Å²) in [6.45, 7) is 9.40. The first-order chi connectivity index (χ1) is 8.79. The highest BCUT2D eigenvalue weighted by Gasteiger charge is 2.26. The molecule has 0 aliphatic carbocycles. The summed E-state index contributed by atoms with van der Waals surface area (Å²) in [5.41, 5.74) is 1.37. The van der Waals surface area contributed by atoms with Gasteiger partial charge in [0.25, 0.3) is 5.91 Å². The van der Waals surface area contributed by atoms with Gasteiger partial charge in [-0.25, -0.2) is 0 Å². The van der Waals surface area contributed by atoms with E-state index in [-0.39, 0.29) is 17.6 Å². The van der Waals surface area contributed by atoms with Crippen LogP contribution < -0.4 is 0 Å². The van der Waals surface area contributed by atoms with Gasteiger partial charge in [0.2, 0.25) is 0 Å². The quantitative estimate of drug-likeness (QED) is 0.838. The molecule has 0 saturated carbocycles. The summed E-state index contributed by atoms with van der Waals surface area (Å²) in [6.07, 6.45) is 1.05. The zero-order valence-electron chi connectivity index (χ0n) is 12.2. The summed E-state index contributed by atoms with van der Waals surface area (Å²) in [5.74, 6) is -0.0296. The third-order valence-corrected chi connectivity index (χ3v) is 3.49. The second-order valence-electron chi connectivity index (χ2n) is 6.28. The van der Waals surface area contributed by atoms with Crippen LogP contribution >= 0.6 is 0 Å². The Balaban J connectivity index is 2.16. The molecule has 1 amide bonds. The van der Waals surface area contributed by atoms with Crippen LogP contribution in [0.15, 0.2) is 6.07 Å².